The zero-order valence-electron chi connectivity index (χ0n) is 17.9. The lowest BCUT2D eigenvalue weighted by atomic mass is 9.98. The van der Waals surface area contributed by atoms with Crippen LogP contribution in [0, 0.1) is 0 Å². The number of pyridine rings is 1. The number of aromatic nitrogens is 1. The summed E-state index contributed by atoms with van der Waals surface area (Å²) in [6.45, 7) is 0. The summed E-state index contributed by atoms with van der Waals surface area (Å²) in [5, 5.41) is 0. The molecular weight excluding hydrogens is 473 g/mol. The summed E-state index contributed by atoms with van der Waals surface area (Å²) in [6.07, 6.45) is -1.35. The van der Waals surface area contributed by atoms with Gasteiger partial charge in [0.2, 0.25) is 11.4 Å². The molecule has 1 heterocycles. The maximum atomic E-state index is 16.4. The minimum Gasteiger partial charge on any atom is -0.170 e. The predicted octanol–water partition coefficient (Wildman–Crippen LogP) is 8.25. The highest BCUT2D eigenvalue weighted by molar-refractivity contribution is 9.10. The van der Waals surface area contributed by atoms with Crippen molar-refractivity contribution >= 4 is 15.9 Å². The molecule has 0 saturated heterocycles. The molecule has 0 fully saturated rings. The van der Waals surface area contributed by atoms with Crippen molar-refractivity contribution in [1.29, 1.82) is 0 Å². The molecule has 3 heteroatoms. The normalized spacial score (nSPS) is 11.8. The average Bonchev–Trinajstić information content (AvgIpc) is 2.89. The highest BCUT2D eigenvalue weighted by Crippen LogP contribution is 2.32. The van der Waals surface area contributed by atoms with Crippen LogP contribution in [0.1, 0.15) is 11.9 Å². The molecule has 0 spiro atoms. The Labute approximate surface area is 201 Å². The highest BCUT2D eigenvalue weighted by atomic mass is 79.9. The number of benzene rings is 4. The van der Waals surface area contributed by atoms with E-state index in [1.807, 2.05) is 103 Å². The van der Waals surface area contributed by atoms with Crippen molar-refractivity contribution in [2.24, 2.45) is 0 Å². The van der Waals surface area contributed by atoms with Crippen molar-refractivity contribution in [3.63, 3.8) is 0 Å². The van der Waals surface area contributed by atoms with Crippen molar-refractivity contribution in [2.45, 2.75) is 6.30 Å². The summed E-state index contributed by atoms with van der Waals surface area (Å²) in [7, 11) is 0. The molecule has 1 atom stereocenters. The minimum absolute atomic E-state index is 0.602. The van der Waals surface area contributed by atoms with Crippen LogP contribution in [0.3, 0.4) is 0 Å². The Morgan fingerprint density at radius 1 is 0.515 bits per heavy atom. The molecule has 0 aliphatic carbocycles. The molecule has 4 aromatic carbocycles. The van der Waals surface area contributed by atoms with Gasteiger partial charge in [0.15, 0.2) is 0 Å². The van der Waals surface area contributed by atoms with Gasteiger partial charge in [-0.2, -0.15) is 8.96 Å². The van der Waals surface area contributed by atoms with Crippen molar-refractivity contribution < 1.29 is 8.96 Å². The van der Waals surface area contributed by atoms with Gasteiger partial charge in [0, 0.05) is 27.7 Å². The summed E-state index contributed by atoms with van der Waals surface area (Å²) in [5.74, 6) is 0. The third-order valence-electron chi connectivity index (χ3n) is 5.72. The molecule has 0 amide bonds. The Balaban J connectivity index is 1.82. The summed E-state index contributed by atoms with van der Waals surface area (Å²) in [5.41, 5.74) is 6.33. The SMILES string of the molecule is F[C@H](c1ccc(Br)cc1)[n+]1c(-c2ccccc2)cc(-c2ccccc2)cc1-c1ccccc1. The molecule has 1 nitrogen and oxygen atoms in total. The molecule has 160 valence electrons. The van der Waals surface area contributed by atoms with Crippen molar-refractivity contribution in [2.75, 3.05) is 0 Å². The second-order valence-electron chi connectivity index (χ2n) is 7.87. The van der Waals surface area contributed by atoms with E-state index < -0.39 is 6.30 Å². The van der Waals surface area contributed by atoms with E-state index in [9.17, 15) is 0 Å². The van der Waals surface area contributed by atoms with Crippen molar-refractivity contribution in [1.82, 2.24) is 0 Å². The molecule has 0 N–H and O–H groups in total. The van der Waals surface area contributed by atoms with Gasteiger partial charge in [-0.3, -0.25) is 0 Å². The molecule has 33 heavy (non-hydrogen) atoms. The van der Waals surface area contributed by atoms with Crippen LogP contribution in [0.5, 0.6) is 0 Å². The highest BCUT2D eigenvalue weighted by Gasteiger charge is 2.31. The van der Waals surface area contributed by atoms with E-state index in [2.05, 4.69) is 40.2 Å². The quantitative estimate of drug-likeness (QED) is 0.216. The second-order valence-corrected chi connectivity index (χ2v) is 8.79. The molecule has 0 radical (unpaired) electrons. The smallest absolute Gasteiger partial charge is 0.170 e. The average molecular weight is 495 g/mol. The van der Waals surface area contributed by atoms with Crippen molar-refractivity contribution in [3.8, 4) is 33.6 Å². The zero-order valence-corrected chi connectivity index (χ0v) is 19.5. The number of hydrogen-bond donors (Lipinski definition) is 0. The summed E-state index contributed by atoms with van der Waals surface area (Å²) >= 11 is 3.46. The fourth-order valence-electron chi connectivity index (χ4n) is 4.08. The monoisotopic (exact) mass is 494 g/mol. The fraction of sp³-hybridized carbons (Fsp3) is 0.0333. The molecular formula is C30H22BrFN+. The lowest BCUT2D eigenvalue weighted by Crippen LogP contribution is -2.42. The minimum atomic E-state index is -1.35. The Kier molecular flexibility index (Phi) is 6.14. The standard InChI is InChI=1S/C30H22BrFN/c31-27-18-16-25(17-19-27)30(32)33-28(23-12-6-2-7-13-23)20-26(22-10-4-1-5-11-22)21-29(33)24-14-8-3-9-15-24/h1-21,30H/q+1/t30-/m0/s1. The van der Waals surface area contributed by atoms with Gasteiger partial charge in [-0.15, -0.1) is 0 Å². The van der Waals surface area contributed by atoms with E-state index in [0.717, 1.165) is 38.1 Å². The predicted molar refractivity (Wildman–Crippen MR) is 136 cm³/mol. The molecule has 0 saturated carbocycles. The Hall–Kier alpha value is -3.56. The maximum Gasteiger partial charge on any atom is 0.326 e. The Bertz CT molecular complexity index is 1290. The Morgan fingerprint density at radius 2 is 0.939 bits per heavy atom. The topological polar surface area (TPSA) is 3.88 Å². The van der Waals surface area contributed by atoms with Crippen LogP contribution in [-0.4, -0.2) is 0 Å². The molecule has 5 rings (SSSR count). The summed E-state index contributed by atoms with van der Waals surface area (Å²) < 4.78 is 19.1. The van der Waals surface area contributed by atoms with Gasteiger partial charge in [-0.1, -0.05) is 82.7 Å². The lowest BCUT2D eigenvalue weighted by Gasteiger charge is -2.15. The number of rotatable bonds is 5. The lowest BCUT2D eigenvalue weighted by molar-refractivity contribution is -0.717. The first-order chi connectivity index (χ1) is 16.2. The Morgan fingerprint density at radius 3 is 1.39 bits per heavy atom. The second kappa shape index (κ2) is 9.51. The van der Waals surface area contributed by atoms with E-state index >= 15 is 4.39 Å². The molecule has 0 bridgehead atoms. The van der Waals surface area contributed by atoms with Gasteiger partial charge in [0.25, 0.3) is 0 Å². The van der Waals surface area contributed by atoms with Crippen LogP contribution in [0.25, 0.3) is 33.6 Å². The third kappa shape index (κ3) is 4.50. The number of alkyl halides is 1. The van der Waals surface area contributed by atoms with Crippen LogP contribution < -0.4 is 4.57 Å². The van der Waals surface area contributed by atoms with Gasteiger partial charge < -0.3 is 0 Å². The van der Waals surface area contributed by atoms with E-state index in [0.29, 0.717) is 5.56 Å². The van der Waals surface area contributed by atoms with Gasteiger partial charge in [-0.05, 0) is 59.7 Å². The molecule has 0 aliphatic rings. The van der Waals surface area contributed by atoms with Crippen LogP contribution in [0.15, 0.2) is 132 Å². The van der Waals surface area contributed by atoms with E-state index in [1.54, 1.807) is 4.57 Å². The van der Waals surface area contributed by atoms with Crippen LogP contribution >= 0.6 is 15.9 Å². The number of halogens is 2. The van der Waals surface area contributed by atoms with E-state index in [4.69, 9.17) is 0 Å². The molecule has 0 aliphatic heterocycles. The number of hydrogen-bond acceptors (Lipinski definition) is 0. The first-order valence-corrected chi connectivity index (χ1v) is 11.7. The third-order valence-corrected chi connectivity index (χ3v) is 6.25. The largest absolute Gasteiger partial charge is 0.326 e. The zero-order chi connectivity index (χ0) is 22.6. The molecule has 0 unspecified atom stereocenters. The van der Waals surface area contributed by atoms with Gasteiger partial charge in [0.05, 0.1) is 5.56 Å². The molecule has 5 aromatic rings. The summed E-state index contributed by atoms with van der Waals surface area (Å²) in [6, 6.07) is 41.9. The van der Waals surface area contributed by atoms with E-state index in [-0.39, 0.29) is 0 Å². The first-order valence-electron chi connectivity index (χ1n) is 10.9. The fourth-order valence-corrected chi connectivity index (χ4v) is 4.34. The van der Waals surface area contributed by atoms with Gasteiger partial charge in [-0.25, -0.2) is 0 Å². The number of nitrogens with zero attached hydrogens (tertiary/aromatic N) is 1. The van der Waals surface area contributed by atoms with Crippen LogP contribution in [-0.2, 0) is 0 Å². The summed E-state index contributed by atoms with van der Waals surface area (Å²) in [4.78, 5) is 0. The molecule has 1 aromatic heterocycles. The van der Waals surface area contributed by atoms with Gasteiger partial charge in [0.1, 0.15) is 0 Å². The van der Waals surface area contributed by atoms with Crippen molar-refractivity contribution in [3.05, 3.63) is 137 Å². The first kappa shape index (κ1) is 21.3. The van der Waals surface area contributed by atoms with Gasteiger partial charge >= 0.3 is 6.30 Å². The van der Waals surface area contributed by atoms with Crippen LogP contribution in [0.2, 0.25) is 0 Å². The maximum absolute atomic E-state index is 16.4. The van der Waals surface area contributed by atoms with E-state index in [1.165, 1.54) is 0 Å². The van der Waals surface area contributed by atoms with Crippen LogP contribution in [0.4, 0.5) is 4.39 Å².